The molecule has 5 aromatic rings. The lowest BCUT2D eigenvalue weighted by atomic mass is 9.72. The first-order valence-corrected chi connectivity index (χ1v) is 32.1. The summed E-state index contributed by atoms with van der Waals surface area (Å²) in [6.07, 6.45) is 6.49. The second kappa shape index (κ2) is 23.4. The van der Waals surface area contributed by atoms with Gasteiger partial charge >= 0.3 is 0 Å². The molecule has 5 heterocycles. The SMILES string of the molecule is CC1(C)CCC(CN2CCN(c3ccc(C(=O)NS(=O)(=O)c4ccc(NCCCN5CCNCC5)c([N+](=O)[O-])c4)c(N4CCCOc5nc6c(ccn6COCC[Si](C)(C)C)cc54)c3)CC2)=C(c2ccc(Cl)cc2)C1. The highest BCUT2D eigenvalue weighted by Gasteiger charge is 2.32. The Morgan fingerprint density at radius 3 is 2.47 bits per heavy atom. The third-order valence-electron chi connectivity index (χ3n) is 14.9. The average Bonchev–Trinajstić information content (AvgIpc) is 3.66. The van der Waals surface area contributed by atoms with Gasteiger partial charge in [-0.2, -0.15) is 4.98 Å². The number of nitro groups is 1. The van der Waals surface area contributed by atoms with Crippen molar-refractivity contribution in [1.82, 2.24) is 29.4 Å². The van der Waals surface area contributed by atoms with Gasteiger partial charge in [0.15, 0.2) is 0 Å². The number of amides is 1. The Labute approximate surface area is 447 Å². The van der Waals surface area contributed by atoms with Crippen LogP contribution in [0.1, 0.15) is 61.9 Å². The molecule has 1 aliphatic carbocycles. The largest absolute Gasteiger partial charge is 0.476 e. The molecule has 9 rings (SSSR count). The number of aromatic nitrogens is 2. The summed E-state index contributed by atoms with van der Waals surface area (Å²) < 4.78 is 45.0. The normalized spacial score (nSPS) is 17.9. The van der Waals surface area contributed by atoms with E-state index in [9.17, 15) is 23.3 Å². The van der Waals surface area contributed by atoms with Gasteiger partial charge in [0.1, 0.15) is 23.8 Å². The molecule has 0 unspecified atom stereocenters. The molecule has 2 saturated heterocycles. The Morgan fingerprint density at radius 1 is 0.947 bits per heavy atom. The summed E-state index contributed by atoms with van der Waals surface area (Å²) in [5.41, 5.74) is 6.99. The van der Waals surface area contributed by atoms with Gasteiger partial charge in [-0.1, -0.05) is 62.8 Å². The lowest BCUT2D eigenvalue weighted by molar-refractivity contribution is -0.384. The van der Waals surface area contributed by atoms with E-state index in [0.717, 1.165) is 119 Å². The number of nitro benzene ring substituents is 1. The Kier molecular flexibility index (Phi) is 16.9. The standard InChI is InChI=1S/C55H73ClN10O7SSi/c1-55(2)18-16-42(47(37-55)40-8-10-43(56)11-9-40)38-62-27-29-63(30-28-62)44-12-14-46(53(67)60-74(70,71)45-13-15-48(50(36-45)66(68)69)58-19-6-22-61-25-20-57-21-26-61)49(35-44)65-23-7-31-73-54-51(65)34-41-17-24-64(52(41)59-54)39-72-32-33-75(3,4)5/h8-15,17,24,34-36,57-58H,6-7,16,18-23,25-33,37-39H2,1-5H3,(H,60,67). The number of benzene rings is 3. The Bertz CT molecular complexity index is 3000. The molecule has 0 saturated carbocycles. The zero-order valence-corrected chi connectivity index (χ0v) is 46.7. The minimum atomic E-state index is -4.60. The molecule has 2 fully saturated rings. The van der Waals surface area contributed by atoms with Crippen LogP contribution in [0.5, 0.6) is 5.88 Å². The molecule has 75 heavy (non-hydrogen) atoms. The van der Waals surface area contributed by atoms with E-state index in [-0.39, 0.29) is 16.7 Å². The number of pyridine rings is 1. The van der Waals surface area contributed by atoms with E-state index >= 15 is 0 Å². The van der Waals surface area contributed by atoms with Crippen molar-refractivity contribution in [1.29, 1.82) is 0 Å². The number of halogens is 1. The fourth-order valence-corrected chi connectivity index (χ4v) is 12.4. The molecule has 3 aliphatic heterocycles. The van der Waals surface area contributed by atoms with E-state index in [1.807, 2.05) is 52.1 Å². The van der Waals surface area contributed by atoms with Gasteiger partial charge in [0.2, 0.25) is 5.88 Å². The number of anilines is 4. The average molecular weight is 1080 g/mol. The van der Waals surface area contributed by atoms with Crippen molar-refractivity contribution in [3.63, 3.8) is 0 Å². The van der Waals surface area contributed by atoms with Gasteiger partial charge in [-0.05, 0) is 116 Å². The molecule has 3 N–H and O–H groups in total. The number of ether oxygens (including phenoxy) is 2. The van der Waals surface area contributed by atoms with Gasteiger partial charge in [0.25, 0.3) is 21.6 Å². The van der Waals surface area contributed by atoms with Crippen molar-refractivity contribution in [3.05, 3.63) is 111 Å². The summed E-state index contributed by atoms with van der Waals surface area (Å²) in [5.74, 6) is -0.481. The van der Waals surface area contributed by atoms with Gasteiger partial charge in [0, 0.05) is 115 Å². The molecule has 3 aromatic carbocycles. The van der Waals surface area contributed by atoms with Gasteiger partial charge in [0.05, 0.1) is 27.7 Å². The van der Waals surface area contributed by atoms with Crippen molar-refractivity contribution in [2.24, 2.45) is 5.41 Å². The van der Waals surface area contributed by atoms with Gasteiger partial charge < -0.3 is 39.4 Å². The highest BCUT2D eigenvalue weighted by Crippen LogP contribution is 2.44. The lowest BCUT2D eigenvalue weighted by Crippen LogP contribution is -2.47. The van der Waals surface area contributed by atoms with Gasteiger partial charge in [-0.25, -0.2) is 13.1 Å². The lowest BCUT2D eigenvalue weighted by Gasteiger charge is -2.39. The van der Waals surface area contributed by atoms with Crippen LogP contribution in [-0.2, 0) is 21.5 Å². The number of allylic oxidation sites excluding steroid dienone is 1. The molecule has 2 aromatic heterocycles. The number of carbonyl (C=O) groups excluding carboxylic acids is 1. The zero-order chi connectivity index (χ0) is 52.9. The van der Waals surface area contributed by atoms with Crippen LogP contribution in [0, 0.1) is 15.5 Å². The molecular formula is C55H73ClN10O7SSi. The second-order valence-corrected chi connectivity index (χ2v) is 30.1. The maximum atomic E-state index is 14.6. The number of hydrogen-bond acceptors (Lipinski definition) is 14. The zero-order valence-electron chi connectivity index (χ0n) is 44.1. The minimum absolute atomic E-state index is 0.112. The number of rotatable bonds is 19. The summed E-state index contributed by atoms with van der Waals surface area (Å²) >= 11 is 6.31. The van der Waals surface area contributed by atoms with Crippen LogP contribution in [-0.4, -0.2) is 138 Å². The molecule has 0 radical (unpaired) electrons. The van der Waals surface area contributed by atoms with E-state index in [0.29, 0.717) is 62.4 Å². The predicted octanol–water partition coefficient (Wildman–Crippen LogP) is 9.44. The van der Waals surface area contributed by atoms with E-state index in [2.05, 4.69) is 75.7 Å². The van der Waals surface area contributed by atoms with Crippen molar-refractivity contribution >= 4 is 80.6 Å². The molecular weight excluding hydrogens is 1010 g/mol. The van der Waals surface area contributed by atoms with Crippen molar-refractivity contribution in [2.45, 2.75) is 83.3 Å². The van der Waals surface area contributed by atoms with Crippen LogP contribution in [0.25, 0.3) is 16.6 Å². The molecule has 402 valence electrons. The molecule has 17 nitrogen and oxygen atoms in total. The maximum Gasteiger partial charge on any atom is 0.293 e. The van der Waals surface area contributed by atoms with Crippen molar-refractivity contribution in [2.75, 3.05) is 107 Å². The summed E-state index contributed by atoms with van der Waals surface area (Å²) in [4.78, 5) is 40.2. The molecule has 0 bridgehead atoms. The number of nitrogens with zero attached hydrogens (tertiary/aromatic N) is 7. The molecule has 20 heteroatoms. The number of carbonyl (C=O) groups is 1. The fraction of sp³-hybridized carbons (Fsp3) is 0.491. The number of sulfonamides is 1. The van der Waals surface area contributed by atoms with Crippen LogP contribution in [0.4, 0.5) is 28.4 Å². The number of fused-ring (bicyclic) bond motifs is 2. The first-order valence-electron chi connectivity index (χ1n) is 26.5. The van der Waals surface area contributed by atoms with Crippen LogP contribution in [0.15, 0.2) is 89.5 Å². The Hall–Kier alpha value is -5.54. The van der Waals surface area contributed by atoms with Crippen LogP contribution in [0.3, 0.4) is 0 Å². The van der Waals surface area contributed by atoms with Crippen LogP contribution < -0.4 is 29.9 Å². The fourth-order valence-electron chi connectivity index (χ4n) is 10.5. The number of hydrogen-bond donors (Lipinski definition) is 3. The van der Waals surface area contributed by atoms with Gasteiger partial charge in [-0.3, -0.25) is 19.8 Å². The topological polar surface area (TPSA) is 180 Å². The summed E-state index contributed by atoms with van der Waals surface area (Å²) in [5, 5.41) is 20.4. The first-order chi connectivity index (χ1) is 35.9. The van der Waals surface area contributed by atoms with E-state index in [4.69, 9.17) is 26.1 Å². The van der Waals surface area contributed by atoms with Crippen molar-refractivity contribution < 1.29 is 27.6 Å². The Balaban J connectivity index is 0.984. The Morgan fingerprint density at radius 2 is 1.72 bits per heavy atom. The smallest absolute Gasteiger partial charge is 0.293 e. The third kappa shape index (κ3) is 13.5. The van der Waals surface area contributed by atoms with E-state index < -0.39 is 39.5 Å². The maximum absolute atomic E-state index is 14.6. The van der Waals surface area contributed by atoms with Gasteiger partial charge in [-0.15, -0.1) is 0 Å². The van der Waals surface area contributed by atoms with Crippen LogP contribution in [0.2, 0.25) is 30.7 Å². The highest BCUT2D eigenvalue weighted by atomic mass is 35.5. The second-order valence-electron chi connectivity index (χ2n) is 22.3. The monoisotopic (exact) mass is 1080 g/mol. The number of piperazine rings is 2. The van der Waals surface area contributed by atoms with E-state index in [1.165, 1.54) is 28.8 Å². The van der Waals surface area contributed by atoms with Crippen molar-refractivity contribution in [3.8, 4) is 5.88 Å². The molecule has 0 atom stereocenters. The predicted molar refractivity (Wildman–Crippen MR) is 302 cm³/mol. The van der Waals surface area contributed by atoms with E-state index in [1.54, 1.807) is 6.07 Å². The molecule has 0 spiro atoms. The third-order valence-corrected chi connectivity index (χ3v) is 18.2. The number of nitrogens with one attached hydrogen (secondary N) is 3. The summed E-state index contributed by atoms with van der Waals surface area (Å²) in [6.45, 7) is 22.6. The van der Waals surface area contributed by atoms with Crippen LogP contribution >= 0.6 is 11.6 Å². The summed E-state index contributed by atoms with van der Waals surface area (Å²) in [6, 6.07) is 22.5. The summed E-state index contributed by atoms with van der Waals surface area (Å²) in [7, 11) is -5.88. The molecule has 1 amide bonds. The quantitative estimate of drug-likeness (QED) is 0.0308. The molecule has 4 aliphatic rings. The minimum Gasteiger partial charge on any atom is -0.476 e. The first kappa shape index (κ1) is 54.3. The highest BCUT2D eigenvalue weighted by molar-refractivity contribution is 7.90.